The van der Waals surface area contributed by atoms with E-state index in [0.29, 0.717) is 10.8 Å². The highest BCUT2D eigenvalue weighted by atomic mass is 35.5. The third kappa shape index (κ3) is 3.62. The number of thiophene rings is 1. The fraction of sp³-hybridized carbons (Fsp3) is 0.526. The Morgan fingerprint density at radius 2 is 1.89 bits per heavy atom. The maximum absolute atomic E-state index is 12.9. The Hall–Kier alpha value is -1.15. The number of piperidine rings is 3. The molecule has 1 atom stereocenters. The van der Waals surface area contributed by atoms with Gasteiger partial charge in [0.1, 0.15) is 0 Å². The number of carbonyl (C=O) groups excluding carboxylic acids is 1. The third-order valence-corrected chi connectivity index (χ3v) is 8.22. The van der Waals surface area contributed by atoms with Crippen LogP contribution in [0.4, 0.5) is 0 Å². The maximum Gasteiger partial charge on any atom is 0.261 e. The van der Waals surface area contributed by atoms with Gasteiger partial charge in [-0.25, -0.2) is 8.42 Å². The molecule has 27 heavy (non-hydrogen) atoms. The van der Waals surface area contributed by atoms with Crippen LogP contribution in [0, 0.1) is 5.92 Å². The Kier molecular flexibility index (Phi) is 5.36. The van der Waals surface area contributed by atoms with Crippen LogP contribution in [0.3, 0.4) is 0 Å². The first kappa shape index (κ1) is 20.6. The molecule has 8 heteroatoms. The smallest absolute Gasteiger partial charge is 0.261 e. The monoisotopic (exact) mass is 428 g/mol. The normalized spacial score (nSPS) is 26.6. The Balaban J connectivity index is 0.00000210. The molecule has 1 N–H and O–H groups in total. The molecule has 0 aliphatic carbocycles. The summed E-state index contributed by atoms with van der Waals surface area (Å²) in [5.41, 5.74) is -0.0308. The molecule has 148 valence electrons. The second-order valence-corrected chi connectivity index (χ2v) is 11.1. The summed E-state index contributed by atoms with van der Waals surface area (Å²) in [5.74, 6) is 0.476. The van der Waals surface area contributed by atoms with E-state index in [-0.39, 0.29) is 34.8 Å². The molecule has 2 aromatic rings. The molecule has 4 heterocycles. The second-order valence-electron chi connectivity index (χ2n) is 8.01. The van der Waals surface area contributed by atoms with Crippen molar-refractivity contribution in [1.82, 2.24) is 10.2 Å². The lowest BCUT2D eigenvalue weighted by Crippen LogP contribution is -2.69. The predicted octanol–water partition coefficient (Wildman–Crippen LogP) is 3.33. The van der Waals surface area contributed by atoms with Crippen LogP contribution in [-0.2, 0) is 9.84 Å². The molecule has 0 spiro atoms. The maximum atomic E-state index is 12.9. The summed E-state index contributed by atoms with van der Waals surface area (Å²) in [6.45, 7) is 6.65. The van der Waals surface area contributed by atoms with Gasteiger partial charge in [-0.3, -0.25) is 9.69 Å². The number of hydrogen-bond donors (Lipinski definition) is 1. The van der Waals surface area contributed by atoms with Crippen molar-refractivity contribution in [2.45, 2.75) is 43.2 Å². The highest BCUT2D eigenvalue weighted by Gasteiger charge is 2.48. The van der Waals surface area contributed by atoms with Crippen LogP contribution < -0.4 is 5.32 Å². The van der Waals surface area contributed by atoms with Crippen LogP contribution in [0.5, 0.6) is 0 Å². The summed E-state index contributed by atoms with van der Waals surface area (Å²) in [4.78, 5) is 16.3. The van der Waals surface area contributed by atoms with E-state index in [1.54, 1.807) is 18.2 Å². The third-order valence-electron chi connectivity index (χ3n) is 6.02. The molecule has 5 nitrogen and oxygen atoms in total. The quantitative estimate of drug-likeness (QED) is 0.814. The summed E-state index contributed by atoms with van der Waals surface area (Å²) in [6.07, 6.45) is 3.47. The number of hydrogen-bond acceptors (Lipinski definition) is 5. The molecule has 2 bridgehead atoms. The summed E-state index contributed by atoms with van der Waals surface area (Å²) in [7, 11) is -3.25. The average Bonchev–Trinajstić information content (AvgIpc) is 3.01. The lowest BCUT2D eigenvalue weighted by atomic mass is 9.72. The molecule has 0 saturated carbocycles. The molecule has 1 aromatic carbocycles. The fourth-order valence-corrected chi connectivity index (χ4v) is 6.17. The minimum absolute atomic E-state index is 0. The van der Waals surface area contributed by atoms with Crippen molar-refractivity contribution in [1.29, 1.82) is 0 Å². The number of amides is 1. The molecular weight excluding hydrogens is 404 g/mol. The largest absolute Gasteiger partial charge is 0.346 e. The first-order chi connectivity index (χ1) is 12.2. The average molecular weight is 429 g/mol. The molecule has 3 saturated heterocycles. The van der Waals surface area contributed by atoms with Gasteiger partial charge in [0, 0.05) is 22.5 Å². The highest BCUT2D eigenvalue weighted by molar-refractivity contribution is 7.90. The van der Waals surface area contributed by atoms with E-state index < -0.39 is 9.84 Å². The fourth-order valence-electron chi connectivity index (χ4n) is 4.44. The van der Waals surface area contributed by atoms with Crippen LogP contribution >= 0.6 is 23.7 Å². The first-order valence-corrected chi connectivity index (χ1v) is 11.7. The zero-order valence-corrected chi connectivity index (χ0v) is 18.1. The van der Waals surface area contributed by atoms with Gasteiger partial charge in [-0.2, -0.15) is 0 Å². The zero-order chi connectivity index (χ0) is 18.7. The van der Waals surface area contributed by atoms with Crippen LogP contribution in [0.2, 0.25) is 0 Å². The van der Waals surface area contributed by atoms with Crippen LogP contribution in [0.15, 0.2) is 29.2 Å². The lowest BCUT2D eigenvalue weighted by molar-refractivity contribution is -0.0377. The number of fused-ring (bicyclic) bond motifs is 4. The van der Waals surface area contributed by atoms with Crippen molar-refractivity contribution in [2.24, 2.45) is 5.92 Å². The highest BCUT2D eigenvalue weighted by Crippen LogP contribution is 2.39. The van der Waals surface area contributed by atoms with Gasteiger partial charge >= 0.3 is 0 Å². The van der Waals surface area contributed by atoms with Crippen molar-refractivity contribution >= 4 is 49.6 Å². The molecule has 0 unspecified atom stereocenters. The van der Waals surface area contributed by atoms with Gasteiger partial charge in [0.15, 0.2) is 9.84 Å². The summed E-state index contributed by atoms with van der Waals surface area (Å²) in [5, 5.41) is 4.18. The van der Waals surface area contributed by atoms with Gasteiger partial charge in [-0.1, -0.05) is 6.07 Å². The number of halogens is 1. The summed E-state index contributed by atoms with van der Waals surface area (Å²) in [6, 6.07) is 7.04. The Bertz CT molecular complexity index is 976. The van der Waals surface area contributed by atoms with Gasteiger partial charge in [0.25, 0.3) is 5.91 Å². The molecular formula is C19H25ClN2O3S2. The van der Waals surface area contributed by atoms with Gasteiger partial charge in [0.05, 0.1) is 9.77 Å². The minimum atomic E-state index is -3.25. The van der Waals surface area contributed by atoms with Crippen LogP contribution in [-0.4, -0.2) is 50.2 Å². The van der Waals surface area contributed by atoms with Gasteiger partial charge in [0.2, 0.25) is 0 Å². The number of rotatable bonds is 3. The Labute approximate surface area is 170 Å². The van der Waals surface area contributed by atoms with Crippen molar-refractivity contribution in [3.63, 3.8) is 0 Å². The lowest BCUT2D eigenvalue weighted by Gasteiger charge is -2.56. The predicted molar refractivity (Wildman–Crippen MR) is 112 cm³/mol. The van der Waals surface area contributed by atoms with E-state index in [2.05, 4.69) is 24.1 Å². The SMILES string of the molecule is CC1(C)[C@H](NC(=O)c2cc3ccc(S(C)(=O)=O)cc3s2)C2CCN1CC2.Cl. The van der Waals surface area contributed by atoms with Crippen molar-refractivity contribution in [3.05, 3.63) is 29.1 Å². The molecule has 3 fully saturated rings. The van der Waals surface area contributed by atoms with Crippen molar-refractivity contribution in [3.8, 4) is 0 Å². The van der Waals surface area contributed by atoms with E-state index in [9.17, 15) is 13.2 Å². The van der Waals surface area contributed by atoms with E-state index in [4.69, 9.17) is 0 Å². The van der Waals surface area contributed by atoms with Gasteiger partial charge < -0.3 is 5.32 Å². The van der Waals surface area contributed by atoms with Crippen LogP contribution in [0.25, 0.3) is 10.1 Å². The minimum Gasteiger partial charge on any atom is -0.346 e. The Morgan fingerprint density at radius 1 is 1.22 bits per heavy atom. The molecule has 1 aromatic heterocycles. The summed E-state index contributed by atoms with van der Waals surface area (Å²) >= 11 is 1.35. The van der Waals surface area contributed by atoms with E-state index in [0.717, 1.165) is 36.0 Å². The number of benzene rings is 1. The molecule has 1 amide bonds. The van der Waals surface area contributed by atoms with Gasteiger partial charge in [-0.15, -0.1) is 23.7 Å². The van der Waals surface area contributed by atoms with Crippen LogP contribution in [0.1, 0.15) is 36.4 Å². The van der Waals surface area contributed by atoms with Gasteiger partial charge in [-0.05, 0) is 69.3 Å². The van der Waals surface area contributed by atoms with E-state index >= 15 is 0 Å². The van der Waals surface area contributed by atoms with E-state index in [1.807, 2.05) is 6.07 Å². The zero-order valence-electron chi connectivity index (χ0n) is 15.7. The second kappa shape index (κ2) is 7.03. The number of nitrogens with zero attached hydrogens (tertiary/aromatic N) is 1. The standard InChI is InChI=1S/C19H24N2O3S2.ClH/c1-19(2)17(12-6-8-21(19)9-7-12)20-18(22)16-10-13-4-5-14(26(3,23)24)11-15(13)25-16;/h4-5,10-12,17H,6-9H2,1-3H3,(H,20,22);1H/t17-;/m1./s1. The molecule has 0 radical (unpaired) electrons. The summed E-state index contributed by atoms with van der Waals surface area (Å²) < 4.78 is 24.3. The van der Waals surface area contributed by atoms with E-state index in [1.165, 1.54) is 17.6 Å². The molecule has 5 rings (SSSR count). The topological polar surface area (TPSA) is 66.5 Å². The van der Waals surface area contributed by atoms with Crippen molar-refractivity contribution < 1.29 is 13.2 Å². The first-order valence-electron chi connectivity index (χ1n) is 8.96. The Morgan fingerprint density at radius 3 is 2.48 bits per heavy atom. The molecule has 3 aliphatic rings. The number of nitrogens with one attached hydrogen (secondary N) is 1. The number of carbonyl (C=O) groups is 1. The molecule has 3 aliphatic heterocycles. The van der Waals surface area contributed by atoms with Crippen molar-refractivity contribution in [2.75, 3.05) is 19.3 Å². The number of sulfone groups is 1.